The Morgan fingerprint density at radius 2 is 1.50 bits per heavy atom. The predicted molar refractivity (Wildman–Crippen MR) is 64.9 cm³/mol. The summed E-state index contributed by atoms with van der Waals surface area (Å²) in [5, 5.41) is 8.54. The first-order valence-electron chi connectivity index (χ1n) is 6.32. The van der Waals surface area contributed by atoms with Crippen molar-refractivity contribution in [1.82, 2.24) is 9.80 Å². The Morgan fingerprint density at radius 3 is 2.00 bits per heavy atom. The molecule has 1 aliphatic heterocycles. The van der Waals surface area contributed by atoms with E-state index in [1.165, 1.54) is 0 Å². The molecule has 18 heavy (non-hydrogen) atoms. The van der Waals surface area contributed by atoms with Crippen molar-refractivity contribution in [3.63, 3.8) is 0 Å². The maximum absolute atomic E-state index is 11.8. The lowest BCUT2D eigenvalue weighted by Gasteiger charge is -2.21. The van der Waals surface area contributed by atoms with Crippen molar-refractivity contribution < 1.29 is 19.5 Å². The second kappa shape index (κ2) is 6.98. The molecule has 0 radical (unpaired) electrons. The van der Waals surface area contributed by atoms with E-state index in [-0.39, 0.29) is 24.7 Å². The molecule has 0 spiro atoms. The lowest BCUT2D eigenvalue weighted by molar-refractivity contribution is -0.140. The van der Waals surface area contributed by atoms with E-state index in [9.17, 15) is 14.4 Å². The molecule has 0 aliphatic carbocycles. The van der Waals surface area contributed by atoms with Crippen molar-refractivity contribution in [3.05, 3.63) is 0 Å². The second-order valence-corrected chi connectivity index (χ2v) is 4.36. The van der Waals surface area contributed by atoms with Crippen molar-refractivity contribution in [1.29, 1.82) is 0 Å². The zero-order valence-electron chi connectivity index (χ0n) is 10.7. The van der Waals surface area contributed by atoms with Gasteiger partial charge in [0.1, 0.15) is 0 Å². The van der Waals surface area contributed by atoms with Crippen LogP contribution in [0.25, 0.3) is 0 Å². The largest absolute Gasteiger partial charge is 0.481 e. The zero-order valence-corrected chi connectivity index (χ0v) is 10.7. The molecule has 0 aromatic rings. The molecule has 102 valence electrons. The van der Waals surface area contributed by atoms with Gasteiger partial charge in [-0.3, -0.25) is 14.4 Å². The molecule has 0 aromatic carbocycles. The first-order valence-corrected chi connectivity index (χ1v) is 6.32. The number of aliphatic carboxylic acids is 1. The number of carboxylic acids is 1. The summed E-state index contributed by atoms with van der Waals surface area (Å²) < 4.78 is 0. The van der Waals surface area contributed by atoms with Crippen LogP contribution in [0.4, 0.5) is 0 Å². The molecule has 0 bridgehead atoms. The minimum absolute atomic E-state index is 0.0387. The number of carboxylic acid groups (broad SMARTS) is 1. The highest BCUT2D eigenvalue weighted by molar-refractivity contribution is 5.81. The van der Waals surface area contributed by atoms with Crippen LogP contribution in [0.1, 0.15) is 32.6 Å². The molecule has 0 atom stereocenters. The van der Waals surface area contributed by atoms with Crippen LogP contribution in [-0.2, 0) is 14.4 Å². The Balaban J connectivity index is 2.43. The van der Waals surface area contributed by atoms with Gasteiger partial charge in [-0.2, -0.15) is 0 Å². The van der Waals surface area contributed by atoms with Gasteiger partial charge in [-0.25, -0.2) is 0 Å². The summed E-state index contributed by atoms with van der Waals surface area (Å²) >= 11 is 0. The first-order chi connectivity index (χ1) is 8.54. The number of carbonyl (C=O) groups excluding carboxylic acids is 2. The van der Waals surface area contributed by atoms with Crippen LogP contribution in [0.5, 0.6) is 0 Å². The summed E-state index contributed by atoms with van der Waals surface area (Å²) in [7, 11) is 0. The molecule has 1 rings (SSSR count). The molecular formula is C12H20N2O4. The Kier molecular flexibility index (Phi) is 5.61. The van der Waals surface area contributed by atoms with Crippen molar-refractivity contribution in [2.75, 3.05) is 26.2 Å². The van der Waals surface area contributed by atoms with Gasteiger partial charge in [-0.05, 0) is 6.42 Å². The van der Waals surface area contributed by atoms with Gasteiger partial charge in [0.2, 0.25) is 11.8 Å². The number of amides is 2. The van der Waals surface area contributed by atoms with Crippen molar-refractivity contribution in [2.45, 2.75) is 32.6 Å². The molecule has 6 heteroatoms. The number of hydrogen-bond acceptors (Lipinski definition) is 3. The van der Waals surface area contributed by atoms with Crippen LogP contribution >= 0.6 is 0 Å². The summed E-state index contributed by atoms with van der Waals surface area (Å²) in [6.45, 7) is 4.15. The van der Waals surface area contributed by atoms with Crippen LogP contribution in [0.15, 0.2) is 0 Å². The molecule has 0 saturated carbocycles. The van der Waals surface area contributed by atoms with Gasteiger partial charge in [-0.15, -0.1) is 0 Å². The van der Waals surface area contributed by atoms with E-state index in [0.29, 0.717) is 32.6 Å². The summed E-state index contributed by atoms with van der Waals surface area (Å²) in [6, 6.07) is 0. The molecule has 0 unspecified atom stereocenters. The summed E-state index contributed by atoms with van der Waals surface area (Å²) in [5.41, 5.74) is 0. The molecule has 1 fully saturated rings. The lowest BCUT2D eigenvalue weighted by atomic mass is 10.2. The van der Waals surface area contributed by atoms with E-state index in [0.717, 1.165) is 6.42 Å². The van der Waals surface area contributed by atoms with Crippen molar-refractivity contribution in [3.8, 4) is 0 Å². The topological polar surface area (TPSA) is 77.9 Å². The summed E-state index contributed by atoms with van der Waals surface area (Å²) in [4.78, 5) is 37.2. The lowest BCUT2D eigenvalue weighted by Crippen LogP contribution is -2.37. The molecule has 6 nitrogen and oxygen atoms in total. The number of rotatable bonds is 4. The van der Waals surface area contributed by atoms with Gasteiger partial charge in [0.15, 0.2) is 0 Å². The summed E-state index contributed by atoms with van der Waals surface area (Å²) in [5.74, 6) is -0.987. The smallest absolute Gasteiger partial charge is 0.303 e. The van der Waals surface area contributed by atoms with Crippen molar-refractivity contribution in [2.24, 2.45) is 0 Å². The molecule has 2 amide bonds. The number of nitrogens with zero attached hydrogens (tertiary/aromatic N) is 2. The van der Waals surface area contributed by atoms with Gasteiger partial charge >= 0.3 is 5.97 Å². The fourth-order valence-corrected chi connectivity index (χ4v) is 2.01. The Morgan fingerprint density at radius 1 is 0.944 bits per heavy atom. The van der Waals surface area contributed by atoms with Gasteiger partial charge in [0.25, 0.3) is 0 Å². The van der Waals surface area contributed by atoms with Gasteiger partial charge < -0.3 is 14.9 Å². The highest BCUT2D eigenvalue weighted by Crippen LogP contribution is 2.07. The SMILES string of the molecule is CCC(=O)N1CCCN(C(=O)CCC(=O)O)CC1. The Bertz CT molecular complexity index is 330. The minimum Gasteiger partial charge on any atom is -0.481 e. The maximum atomic E-state index is 11.8. The Labute approximate surface area is 107 Å². The third-order valence-corrected chi connectivity index (χ3v) is 3.06. The molecule has 1 heterocycles. The monoisotopic (exact) mass is 256 g/mol. The summed E-state index contributed by atoms with van der Waals surface area (Å²) in [6.07, 6.45) is 1.14. The minimum atomic E-state index is -0.957. The van der Waals surface area contributed by atoms with E-state index in [1.54, 1.807) is 9.80 Å². The average Bonchev–Trinajstić information content (AvgIpc) is 2.60. The van der Waals surface area contributed by atoms with Gasteiger partial charge in [-0.1, -0.05) is 6.92 Å². The quantitative estimate of drug-likeness (QED) is 0.786. The van der Waals surface area contributed by atoms with Crippen LogP contribution in [0, 0.1) is 0 Å². The second-order valence-electron chi connectivity index (χ2n) is 4.36. The predicted octanol–water partition coefficient (Wildman–Crippen LogP) is 0.322. The van der Waals surface area contributed by atoms with E-state index in [4.69, 9.17) is 5.11 Å². The maximum Gasteiger partial charge on any atom is 0.303 e. The zero-order chi connectivity index (χ0) is 13.5. The molecule has 1 aliphatic rings. The van der Waals surface area contributed by atoms with Crippen LogP contribution in [0.3, 0.4) is 0 Å². The third kappa shape index (κ3) is 4.35. The molecule has 1 N–H and O–H groups in total. The standard InChI is InChI=1S/C12H20N2O4/c1-2-10(15)13-6-3-7-14(9-8-13)11(16)4-5-12(17)18/h2-9H2,1H3,(H,17,18). The van der Waals surface area contributed by atoms with E-state index in [2.05, 4.69) is 0 Å². The number of carbonyl (C=O) groups is 3. The van der Waals surface area contributed by atoms with Crippen LogP contribution in [0.2, 0.25) is 0 Å². The number of hydrogen-bond donors (Lipinski definition) is 1. The normalized spacial score (nSPS) is 16.3. The van der Waals surface area contributed by atoms with Crippen molar-refractivity contribution >= 4 is 17.8 Å². The molecular weight excluding hydrogens is 236 g/mol. The van der Waals surface area contributed by atoms with Crippen LogP contribution in [-0.4, -0.2) is 58.9 Å². The van der Waals surface area contributed by atoms with Gasteiger partial charge in [0, 0.05) is 39.0 Å². The fourth-order valence-electron chi connectivity index (χ4n) is 2.01. The van der Waals surface area contributed by atoms with E-state index >= 15 is 0 Å². The highest BCUT2D eigenvalue weighted by Gasteiger charge is 2.21. The van der Waals surface area contributed by atoms with Gasteiger partial charge in [0.05, 0.1) is 6.42 Å². The van der Waals surface area contributed by atoms with E-state index in [1.807, 2.05) is 6.92 Å². The average molecular weight is 256 g/mol. The molecule has 0 aromatic heterocycles. The highest BCUT2D eigenvalue weighted by atomic mass is 16.4. The van der Waals surface area contributed by atoms with Crippen LogP contribution < -0.4 is 0 Å². The third-order valence-electron chi connectivity index (χ3n) is 3.06. The van der Waals surface area contributed by atoms with E-state index < -0.39 is 5.97 Å². The fraction of sp³-hybridized carbons (Fsp3) is 0.750. The Hall–Kier alpha value is -1.59. The first kappa shape index (κ1) is 14.5. The molecule has 1 saturated heterocycles.